The van der Waals surface area contributed by atoms with Gasteiger partial charge in [0.25, 0.3) is 0 Å². The SMILES string of the molecule is [C-]#[N+]c1ccc(Oc2ccc3c(c2)COB3O)cc1CO. The van der Waals surface area contributed by atoms with Gasteiger partial charge in [-0.3, -0.25) is 0 Å². The number of aliphatic hydroxyl groups is 1. The number of hydrogen-bond acceptors (Lipinski definition) is 4. The van der Waals surface area contributed by atoms with Gasteiger partial charge in [-0.1, -0.05) is 12.1 Å². The summed E-state index contributed by atoms with van der Waals surface area (Å²) in [5, 5.41) is 18.8. The van der Waals surface area contributed by atoms with Crippen molar-refractivity contribution in [2.75, 3.05) is 0 Å². The molecule has 0 spiro atoms. The largest absolute Gasteiger partial charge is 0.491 e. The minimum Gasteiger partial charge on any atom is -0.457 e. The summed E-state index contributed by atoms with van der Waals surface area (Å²) in [5.74, 6) is 1.16. The topological polar surface area (TPSA) is 63.3 Å². The molecule has 21 heavy (non-hydrogen) atoms. The molecular weight excluding hydrogens is 269 g/mol. The highest BCUT2D eigenvalue weighted by Gasteiger charge is 2.27. The molecule has 0 aliphatic carbocycles. The van der Waals surface area contributed by atoms with Gasteiger partial charge < -0.3 is 19.5 Å². The minimum atomic E-state index is -0.868. The maximum absolute atomic E-state index is 9.57. The van der Waals surface area contributed by atoms with Crippen LogP contribution in [0.4, 0.5) is 5.69 Å². The predicted molar refractivity (Wildman–Crippen MR) is 77.5 cm³/mol. The lowest BCUT2D eigenvalue weighted by Gasteiger charge is -2.09. The summed E-state index contributed by atoms with van der Waals surface area (Å²) in [6.07, 6.45) is 0. The van der Waals surface area contributed by atoms with E-state index < -0.39 is 7.12 Å². The minimum absolute atomic E-state index is 0.209. The fourth-order valence-electron chi connectivity index (χ4n) is 2.27. The molecule has 0 bridgehead atoms. The van der Waals surface area contributed by atoms with E-state index in [1.165, 1.54) is 0 Å². The van der Waals surface area contributed by atoms with Gasteiger partial charge in [0, 0.05) is 0 Å². The van der Waals surface area contributed by atoms with Crippen molar-refractivity contribution >= 4 is 18.3 Å². The van der Waals surface area contributed by atoms with Crippen molar-refractivity contribution in [3.05, 3.63) is 58.9 Å². The summed E-state index contributed by atoms with van der Waals surface area (Å²) in [4.78, 5) is 3.34. The predicted octanol–water partition coefficient (Wildman–Crippen LogP) is 1.74. The van der Waals surface area contributed by atoms with Crippen LogP contribution in [0.15, 0.2) is 36.4 Å². The maximum Gasteiger partial charge on any atom is 0.491 e. The second-order valence-electron chi connectivity index (χ2n) is 4.69. The van der Waals surface area contributed by atoms with E-state index in [0.29, 0.717) is 29.4 Å². The highest BCUT2D eigenvalue weighted by Crippen LogP contribution is 2.29. The Morgan fingerprint density at radius 3 is 2.76 bits per heavy atom. The summed E-state index contributed by atoms with van der Waals surface area (Å²) < 4.78 is 10.9. The summed E-state index contributed by atoms with van der Waals surface area (Å²) in [6, 6.07) is 10.3. The highest BCUT2D eigenvalue weighted by atomic mass is 16.5. The Kier molecular flexibility index (Phi) is 3.63. The highest BCUT2D eigenvalue weighted by molar-refractivity contribution is 6.61. The van der Waals surface area contributed by atoms with Crippen molar-refractivity contribution in [3.8, 4) is 11.5 Å². The molecule has 1 heterocycles. The van der Waals surface area contributed by atoms with Gasteiger partial charge in [-0.25, -0.2) is 4.85 Å². The van der Waals surface area contributed by atoms with E-state index >= 15 is 0 Å². The molecule has 5 nitrogen and oxygen atoms in total. The molecule has 0 atom stereocenters. The first-order valence-electron chi connectivity index (χ1n) is 6.43. The third kappa shape index (κ3) is 2.62. The van der Waals surface area contributed by atoms with Crippen molar-refractivity contribution in [2.45, 2.75) is 13.2 Å². The van der Waals surface area contributed by atoms with Crippen LogP contribution in [0, 0.1) is 6.57 Å². The van der Waals surface area contributed by atoms with Crippen LogP contribution >= 0.6 is 0 Å². The molecule has 0 radical (unpaired) electrons. The van der Waals surface area contributed by atoms with Crippen molar-refractivity contribution in [1.82, 2.24) is 0 Å². The normalized spacial score (nSPS) is 12.9. The first kappa shape index (κ1) is 13.6. The van der Waals surface area contributed by atoms with Crippen molar-refractivity contribution in [1.29, 1.82) is 0 Å². The molecule has 104 valence electrons. The standard InChI is InChI=1S/C15H12BNO4/c1-17-15-5-3-13(6-10(15)8-18)21-12-2-4-14-11(7-12)9-20-16(14)19/h2-7,18-19H,8-9H2. The first-order valence-corrected chi connectivity index (χ1v) is 6.43. The van der Waals surface area contributed by atoms with Gasteiger partial charge in [0.15, 0.2) is 5.69 Å². The van der Waals surface area contributed by atoms with Gasteiger partial charge in [0.1, 0.15) is 11.5 Å². The molecule has 0 saturated carbocycles. The van der Waals surface area contributed by atoms with Crippen molar-refractivity contribution in [3.63, 3.8) is 0 Å². The van der Waals surface area contributed by atoms with E-state index in [2.05, 4.69) is 4.85 Å². The zero-order chi connectivity index (χ0) is 14.8. The number of aliphatic hydroxyl groups excluding tert-OH is 1. The average molecular weight is 281 g/mol. The zero-order valence-corrected chi connectivity index (χ0v) is 11.1. The molecule has 0 fully saturated rings. The number of benzene rings is 2. The molecule has 2 aromatic carbocycles. The van der Waals surface area contributed by atoms with Crippen LogP contribution in [0.1, 0.15) is 11.1 Å². The van der Waals surface area contributed by atoms with Crippen molar-refractivity contribution < 1.29 is 19.5 Å². The van der Waals surface area contributed by atoms with E-state index in [1.807, 2.05) is 6.07 Å². The smallest absolute Gasteiger partial charge is 0.457 e. The second-order valence-corrected chi connectivity index (χ2v) is 4.69. The summed E-state index contributed by atoms with van der Waals surface area (Å²) >= 11 is 0. The van der Waals surface area contributed by atoms with Gasteiger partial charge in [-0.2, -0.15) is 0 Å². The van der Waals surface area contributed by atoms with Crippen molar-refractivity contribution in [2.24, 2.45) is 0 Å². The molecule has 0 unspecified atom stereocenters. The Labute approximate surface area is 122 Å². The fourth-order valence-corrected chi connectivity index (χ4v) is 2.27. The van der Waals surface area contributed by atoms with E-state index in [4.69, 9.17) is 16.0 Å². The van der Waals surface area contributed by atoms with Gasteiger partial charge in [-0.15, -0.1) is 0 Å². The van der Waals surface area contributed by atoms with E-state index in [-0.39, 0.29) is 6.61 Å². The number of hydrogen-bond donors (Lipinski definition) is 2. The average Bonchev–Trinajstić information content (AvgIpc) is 2.88. The Morgan fingerprint density at radius 2 is 2.00 bits per heavy atom. The lowest BCUT2D eigenvalue weighted by Crippen LogP contribution is -2.27. The van der Waals surface area contributed by atoms with Gasteiger partial charge in [0.2, 0.25) is 0 Å². The van der Waals surface area contributed by atoms with Gasteiger partial charge in [-0.05, 0) is 40.9 Å². The lowest BCUT2D eigenvalue weighted by atomic mass is 9.80. The summed E-state index contributed by atoms with van der Waals surface area (Å²) in [7, 11) is -0.868. The van der Waals surface area contributed by atoms with Crippen LogP contribution < -0.4 is 10.2 Å². The number of rotatable bonds is 3. The van der Waals surface area contributed by atoms with Gasteiger partial charge >= 0.3 is 7.12 Å². The zero-order valence-electron chi connectivity index (χ0n) is 11.1. The Bertz CT molecular complexity index is 726. The summed E-state index contributed by atoms with van der Waals surface area (Å²) in [5.41, 5.74) is 2.58. The molecule has 0 aromatic heterocycles. The van der Waals surface area contributed by atoms with Crippen LogP contribution in [0.25, 0.3) is 4.85 Å². The lowest BCUT2D eigenvalue weighted by molar-refractivity contribution is 0.275. The molecule has 3 rings (SSSR count). The monoisotopic (exact) mass is 281 g/mol. The molecule has 2 aromatic rings. The van der Waals surface area contributed by atoms with Gasteiger partial charge in [0.05, 0.1) is 19.8 Å². The first-order chi connectivity index (χ1) is 10.2. The Hall–Kier alpha value is -2.33. The van der Waals surface area contributed by atoms with Crippen LogP contribution in [0.3, 0.4) is 0 Å². The molecule has 6 heteroatoms. The Balaban J connectivity index is 1.86. The molecule has 2 N–H and O–H groups in total. The number of nitrogens with zero attached hydrogens (tertiary/aromatic N) is 1. The van der Waals surface area contributed by atoms with Crippen LogP contribution in [0.5, 0.6) is 11.5 Å². The molecular formula is C15H12BNO4. The second kappa shape index (κ2) is 5.58. The van der Waals surface area contributed by atoms with Crippen LogP contribution in [0.2, 0.25) is 0 Å². The van der Waals surface area contributed by atoms with Crippen LogP contribution in [-0.4, -0.2) is 17.2 Å². The number of fused-ring (bicyclic) bond motifs is 1. The van der Waals surface area contributed by atoms with E-state index in [1.54, 1.807) is 30.3 Å². The maximum atomic E-state index is 9.57. The number of ether oxygens (including phenoxy) is 1. The third-order valence-electron chi connectivity index (χ3n) is 3.35. The summed E-state index contributed by atoms with van der Waals surface area (Å²) in [6.45, 7) is 7.16. The Morgan fingerprint density at radius 1 is 1.24 bits per heavy atom. The molecule has 1 aliphatic heterocycles. The van der Waals surface area contributed by atoms with E-state index in [0.717, 1.165) is 11.0 Å². The molecule has 0 saturated heterocycles. The third-order valence-corrected chi connectivity index (χ3v) is 3.35. The molecule has 0 amide bonds. The fraction of sp³-hybridized carbons (Fsp3) is 0.133. The van der Waals surface area contributed by atoms with Crippen LogP contribution in [-0.2, 0) is 17.9 Å². The molecule has 1 aliphatic rings. The quantitative estimate of drug-likeness (QED) is 0.664. The van der Waals surface area contributed by atoms with E-state index in [9.17, 15) is 10.1 Å².